The lowest BCUT2D eigenvalue weighted by molar-refractivity contribution is -0.432. The zero-order valence-electron chi connectivity index (χ0n) is 17.0. The fourth-order valence-corrected chi connectivity index (χ4v) is 5.05. The summed E-state index contributed by atoms with van der Waals surface area (Å²) in [5, 5.41) is 25.0. The Bertz CT molecular complexity index is 1480. The lowest BCUT2D eigenvalue weighted by Crippen LogP contribution is -2.05. The van der Waals surface area contributed by atoms with Gasteiger partial charge in [0.25, 0.3) is 10.1 Å². The van der Waals surface area contributed by atoms with Crippen molar-refractivity contribution in [2.24, 2.45) is 10.2 Å². The van der Waals surface area contributed by atoms with Gasteiger partial charge in [0, 0.05) is 4.90 Å². The van der Waals surface area contributed by atoms with Gasteiger partial charge in [0.15, 0.2) is 11.5 Å². The summed E-state index contributed by atoms with van der Waals surface area (Å²) in [5.74, 6) is 0.205. The van der Waals surface area contributed by atoms with E-state index < -0.39 is 10.1 Å². The lowest BCUT2D eigenvalue weighted by atomic mass is 10.2. The van der Waals surface area contributed by atoms with Crippen molar-refractivity contribution in [3.63, 3.8) is 0 Å². The Morgan fingerprint density at radius 1 is 1.18 bits per heavy atom. The Morgan fingerprint density at radius 3 is 2.67 bits per heavy atom. The zero-order valence-corrected chi connectivity index (χ0v) is 19.5. The van der Waals surface area contributed by atoms with E-state index in [9.17, 15) is 13.0 Å². The van der Waals surface area contributed by atoms with Gasteiger partial charge in [0.1, 0.15) is 0 Å². The van der Waals surface area contributed by atoms with E-state index in [1.807, 2.05) is 0 Å². The number of nitrogens with two attached hydrogens (primary N) is 1. The molecule has 0 amide bonds. The summed E-state index contributed by atoms with van der Waals surface area (Å²) in [5.41, 5.74) is 8.63. The predicted octanol–water partition coefficient (Wildman–Crippen LogP) is 4.77. The van der Waals surface area contributed by atoms with Crippen molar-refractivity contribution in [2.75, 3.05) is 5.73 Å². The number of thiazole rings is 1. The van der Waals surface area contributed by atoms with Crippen LogP contribution in [0.3, 0.4) is 0 Å². The number of hydrogen-bond donors (Lipinski definition) is 3. The minimum atomic E-state index is -4.33. The van der Waals surface area contributed by atoms with Crippen molar-refractivity contribution in [1.29, 1.82) is 0 Å². The van der Waals surface area contributed by atoms with Crippen LogP contribution < -0.4 is 5.73 Å². The molecule has 12 nitrogen and oxygen atoms in total. The Labute approximate surface area is 195 Å². The molecule has 0 saturated heterocycles. The van der Waals surface area contributed by atoms with Gasteiger partial charge >= 0.3 is 0 Å². The van der Waals surface area contributed by atoms with Crippen molar-refractivity contribution in [3.05, 3.63) is 47.7 Å². The first kappa shape index (κ1) is 23.2. The molecule has 0 unspecified atom stereocenters. The second-order valence-electron chi connectivity index (χ2n) is 6.71. The van der Waals surface area contributed by atoms with Gasteiger partial charge in [-0.25, -0.2) is 14.9 Å². The smallest absolute Gasteiger partial charge is 0.294 e. The molecule has 0 aliphatic heterocycles. The molecule has 33 heavy (non-hydrogen) atoms. The molecule has 0 aliphatic carbocycles. The topological polar surface area (TPSA) is 175 Å². The van der Waals surface area contributed by atoms with E-state index in [4.69, 9.17) is 11.0 Å². The second kappa shape index (κ2) is 9.14. The second-order valence-corrected chi connectivity index (χ2v) is 9.88. The van der Waals surface area contributed by atoms with Crippen LogP contribution in [0.4, 0.5) is 16.6 Å². The van der Waals surface area contributed by atoms with Crippen LogP contribution in [0, 0.1) is 13.8 Å². The first-order valence-corrected chi connectivity index (χ1v) is 12.1. The van der Waals surface area contributed by atoms with E-state index in [1.165, 1.54) is 28.2 Å². The molecule has 0 bridgehead atoms. The molecule has 2 aromatic carbocycles. The highest BCUT2D eigenvalue weighted by molar-refractivity contribution is 7.94. The molecular weight excluding hydrogens is 492 g/mol. The summed E-state index contributed by atoms with van der Waals surface area (Å²) in [7, 11) is -4.33. The number of aromatic nitrogens is 3. The third-order valence-corrected chi connectivity index (χ3v) is 6.98. The Morgan fingerprint density at radius 2 is 1.97 bits per heavy atom. The average molecular weight is 509 g/mol. The molecule has 15 heteroatoms. The van der Waals surface area contributed by atoms with E-state index in [1.54, 1.807) is 38.1 Å². The van der Waals surface area contributed by atoms with Gasteiger partial charge in [-0.2, -0.15) is 13.5 Å². The number of fused-ring (bicyclic) bond motifs is 1. The predicted molar refractivity (Wildman–Crippen MR) is 122 cm³/mol. The maximum atomic E-state index is 11.4. The molecule has 2 aromatic heterocycles. The quantitative estimate of drug-likeness (QED) is 0.104. The molecule has 4 aromatic rings. The van der Waals surface area contributed by atoms with Crippen molar-refractivity contribution in [3.8, 4) is 5.69 Å². The number of nitrogens with zero attached hydrogens (tertiary/aromatic N) is 5. The highest BCUT2D eigenvalue weighted by atomic mass is 32.2. The molecule has 0 spiro atoms. The monoisotopic (exact) mass is 508 g/mol. The lowest BCUT2D eigenvalue weighted by Gasteiger charge is -2.07. The van der Waals surface area contributed by atoms with E-state index in [0.29, 0.717) is 38.2 Å². The first-order valence-electron chi connectivity index (χ1n) is 9.08. The van der Waals surface area contributed by atoms with Crippen LogP contribution in [0.1, 0.15) is 11.3 Å². The normalized spacial score (nSPS) is 12.2. The fourth-order valence-electron chi connectivity index (χ4n) is 3.05. The summed E-state index contributed by atoms with van der Waals surface area (Å²) < 4.78 is 38.8. The first-order chi connectivity index (χ1) is 15.7. The molecule has 2 heterocycles. The van der Waals surface area contributed by atoms with E-state index in [2.05, 4.69) is 29.7 Å². The van der Waals surface area contributed by atoms with Crippen molar-refractivity contribution >= 4 is 60.4 Å². The molecule has 0 radical (unpaired) electrons. The zero-order chi connectivity index (χ0) is 23.8. The number of rotatable bonds is 7. The van der Waals surface area contributed by atoms with Crippen LogP contribution in [-0.2, 0) is 19.5 Å². The number of nitrogen functional groups attached to an aromatic ring is 1. The number of benzene rings is 2. The molecular formula is C18H16N6O6S3. The molecule has 0 fully saturated rings. The standard InChI is InChI=1S/C18H16N6O6S3/c1-9-7-11(3-6-15(9)33(26,27)28)24-17(19)16(10(2)23-24)21-22-18-20-13-5-4-12(32-30-29-25)8-14(13)31-18/h3-8,25H,19H2,1-2H3,(H,26,27,28)/b22-21+. The van der Waals surface area contributed by atoms with Gasteiger partial charge in [-0.15, -0.1) is 14.6 Å². The molecule has 172 valence electrons. The highest BCUT2D eigenvalue weighted by Crippen LogP contribution is 2.35. The van der Waals surface area contributed by atoms with Crippen LogP contribution in [0.25, 0.3) is 15.9 Å². The van der Waals surface area contributed by atoms with Crippen molar-refractivity contribution < 1.29 is 27.6 Å². The number of aryl methyl sites for hydroxylation is 2. The fraction of sp³-hybridized carbons (Fsp3) is 0.111. The number of azo groups is 1. The molecule has 0 atom stereocenters. The van der Waals surface area contributed by atoms with Crippen LogP contribution >= 0.6 is 23.4 Å². The van der Waals surface area contributed by atoms with Crippen LogP contribution in [-0.4, -0.2) is 33.0 Å². The van der Waals surface area contributed by atoms with Crippen molar-refractivity contribution in [1.82, 2.24) is 14.8 Å². The van der Waals surface area contributed by atoms with Crippen LogP contribution in [0.15, 0.2) is 56.4 Å². The summed E-state index contributed by atoms with van der Waals surface area (Å²) in [4.78, 5) is 4.90. The Hall–Kier alpha value is -2.92. The molecule has 4 rings (SSSR count). The Balaban J connectivity index is 1.63. The van der Waals surface area contributed by atoms with Crippen LogP contribution in [0.5, 0.6) is 0 Å². The Kier molecular flexibility index (Phi) is 6.44. The van der Waals surface area contributed by atoms with Gasteiger partial charge in [0.05, 0.1) is 38.5 Å². The van der Waals surface area contributed by atoms with Gasteiger partial charge in [-0.05, 0) is 55.8 Å². The summed E-state index contributed by atoms with van der Waals surface area (Å²) in [6.07, 6.45) is 0. The number of hydrogen-bond acceptors (Lipinski definition) is 12. The third-order valence-electron chi connectivity index (χ3n) is 4.49. The molecule has 4 N–H and O–H groups in total. The summed E-state index contributed by atoms with van der Waals surface area (Å²) in [6.45, 7) is 3.27. The SMILES string of the molecule is Cc1cc(-n2nc(C)c(/N=N/c3nc4ccc(SOOO)cc4s3)c2N)ccc1S(=O)(=O)O. The van der Waals surface area contributed by atoms with E-state index >= 15 is 0 Å². The van der Waals surface area contributed by atoms with Crippen molar-refractivity contribution in [2.45, 2.75) is 23.6 Å². The van der Waals surface area contributed by atoms with Gasteiger partial charge in [-0.3, -0.25) is 4.55 Å². The minimum absolute atomic E-state index is 0.193. The highest BCUT2D eigenvalue weighted by Gasteiger charge is 2.17. The molecule has 0 aliphatic rings. The van der Waals surface area contributed by atoms with Gasteiger partial charge < -0.3 is 5.73 Å². The maximum Gasteiger partial charge on any atom is 0.294 e. The third kappa shape index (κ3) is 4.88. The largest absolute Gasteiger partial charge is 0.382 e. The summed E-state index contributed by atoms with van der Waals surface area (Å²) in [6, 6.07) is 9.61. The summed E-state index contributed by atoms with van der Waals surface area (Å²) >= 11 is 2.13. The minimum Gasteiger partial charge on any atom is -0.382 e. The number of anilines is 1. The maximum absolute atomic E-state index is 11.4. The van der Waals surface area contributed by atoms with Gasteiger partial charge in [-0.1, -0.05) is 16.4 Å². The average Bonchev–Trinajstić information content (AvgIpc) is 3.29. The van der Waals surface area contributed by atoms with Crippen LogP contribution in [0.2, 0.25) is 0 Å². The van der Waals surface area contributed by atoms with Gasteiger partial charge in [0.2, 0.25) is 5.13 Å². The van der Waals surface area contributed by atoms with E-state index in [-0.39, 0.29) is 10.7 Å². The van der Waals surface area contributed by atoms with E-state index in [0.717, 1.165) is 16.7 Å². The molecule has 0 saturated carbocycles.